The van der Waals surface area contributed by atoms with Crippen molar-refractivity contribution >= 4 is 11.9 Å². The molecule has 2 atom stereocenters. The number of ether oxygens (including phenoxy) is 2. The summed E-state index contributed by atoms with van der Waals surface area (Å²) in [7, 11) is 0. The van der Waals surface area contributed by atoms with Crippen LogP contribution in [-0.2, 0) is 19.1 Å². The van der Waals surface area contributed by atoms with Gasteiger partial charge in [0.25, 0.3) is 0 Å². The van der Waals surface area contributed by atoms with E-state index in [9.17, 15) is 71.1 Å². The number of alkyl halides is 14. The molecule has 0 aromatic rings. The van der Waals surface area contributed by atoms with Crippen molar-refractivity contribution in [3.63, 3.8) is 0 Å². The number of hydrogen-bond donors (Lipinski definition) is 0. The van der Waals surface area contributed by atoms with E-state index in [2.05, 4.69) is 22.6 Å². The summed E-state index contributed by atoms with van der Waals surface area (Å²) in [6.45, 7) is 4.63. The molecule has 1 aliphatic rings. The molecule has 184 valence electrons. The second kappa shape index (κ2) is 6.97. The average molecular weight is 504 g/mol. The SMILES string of the molecule is C=CC(=O)OC(F)(F)C1(F)C(F)(F)C(F)(F)C(F)(F)C(F)(C(F)(F)OC(=O)C=C)C1(F)F. The minimum atomic E-state index is -8.29. The molecule has 1 saturated carbocycles. The first kappa shape index (κ1) is 27.5. The van der Waals surface area contributed by atoms with Crippen molar-refractivity contribution < 1.29 is 80.5 Å². The van der Waals surface area contributed by atoms with Crippen LogP contribution in [0.3, 0.4) is 0 Å². The Morgan fingerprint density at radius 2 is 0.812 bits per heavy atom. The zero-order chi connectivity index (χ0) is 26.0. The number of carbonyl (C=O) groups is 2. The van der Waals surface area contributed by atoms with Crippen LogP contribution in [0.2, 0.25) is 0 Å². The van der Waals surface area contributed by atoms with Crippen LogP contribution in [0.4, 0.5) is 61.5 Å². The zero-order valence-electron chi connectivity index (χ0n) is 14.5. The fourth-order valence-corrected chi connectivity index (χ4v) is 2.47. The maximum atomic E-state index is 14.6. The largest absolute Gasteiger partial charge is 0.448 e. The molecule has 18 heteroatoms. The van der Waals surface area contributed by atoms with Crippen LogP contribution >= 0.6 is 0 Å². The quantitative estimate of drug-likeness (QED) is 0.302. The van der Waals surface area contributed by atoms with E-state index in [0.29, 0.717) is 0 Å². The number of carbonyl (C=O) groups excluding carboxylic acids is 2. The van der Waals surface area contributed by atoms with Gasteiger partial charge in [-0.25, -0.2) is 18.4 Å². The van der Waals surface area contributed by atoms with Crippen molar-refractivity contribution in [2.75, 3.05) is 0 Å². The van der Waals surface area contributed by atoms with Crippen molar-refractivity contribution in [3.8, 4) is 0 Å². The van der Waals surface area contributed by atoms with Crippen molar-refractivity contribution in [2.24, 2.45) is 0 Å². The fourth-order valence-electron chi connectivity index (χ4n) is 2.47. The molecule has 32 heavy (non-hydrogen) atoms. The van der Waals surface area contributed by atoms with Crippen LogP contribution in [0.5, 0.6) is 0 Å². The van der Waals surface area contributed by atoms with Gasteiger partial charge in [-0.1, -0.05) is 13.2 Å². The molecule has 4 nitrogen and oxygen atoms in total. The number of halogens is 14. The van der Waals surface area contributed by atoms with Gasteiger partial charge in [-0.05, 0) is 0 Å². The van der Waals surface area contributed by atoms with E-state index in [0.717, 1.165) is 0 Å². The smallest absolute Gasteiger partial charge is 0.395 e. The molecule has 1 fully saturated rings. The van der Waals surface area contributed by atoms with Crippen LogP contribution in [0.25, 0.3) is 0 Å². The zero-order valence-corrected chi connectivity index (χ0v) is 14.5. The Labute approximate surface area is 166 Å². The number of esters is 2. The summed E-state index contributed by atoms with van der Waals surface area (Å²) in [5, 5.41) is 0. The highest BCUT2D eigenvalue weighted by Crippen LogP contribution is 2.74. The second-order valence-corrected chi connectivity index (χ2v) is 5.90. The van der Waals surface area contributed by atoms with E-state index in [4.69, 9.17) is 0 Å². The summed E-state index contributed by atoms with van der Waals surface area (Å²) in [6, 6.07) is 0. The van der Waals surface area contributed by atoms with Gasteiger partial charge in [0.1, 0.15) is 0 Å². The van der Waals surface area contributed by atoms with Gasteiger partial charge in [0, 0.05) is 12.2 Å². The maximum absolute atomic E-state index is 14.6. The first-order valence-corrected chi connectivity index (χ1v) is 7.26. The Bertz CT molecular complexity index is 773. The van der Waals surface area contributed by atoms with Gasteiger partial charge in [0.15, 0.2) is 0 Å². The third-order valence-electron chi connectivity index (χ3n) is 4.11. The van der Waals surface area contributed by atoms with Gasteiger partial charge < -0.3 is 9.47 Å². The molecule has 2 unspecified atom stereocenters. The van der Waals surface area contributed by atoms with E-state index >= 15 is 0 Å². The Morgan fingerprint density at radius 3 is 1.03 bits per heavy atom. The van der Waals surface area contributed by atoms with Gasteiger partial charge in [0.05, 0.1) is 0 Å². The molecule has 0 amide bonds. The van der Waals surface area contributed by atoms with E-state index in [1.54, 1.807) is 0 Å². The lowest BCUT2D eigenvalue weighted by Gasteiger charge is -2.56. The second-order valence-electron chi connectivity index (χ2n) is 5.90. The van der Waals surface area contributed by atoms with Gasteiger partial charge in [0.2, 0.25) is 0 Å². The van der Waals surface area contributed by atoms with Crippen LogP contribution in [0.1, 0.15) is 0 Å². The topological polar surface area (TPSA) is 52.6 Å². The van der Waals surface area contributed by atoms with Crippen molar-refractivity contribution in [1.82, 2.24) is 0 Å². The van der Waals surface area contributed by atoms with Crippen LogP contribution < -0.4 is 0 Å². The first-order chi connectivity index (χ1) is 13.9. The van der Waals surface area contributed by atoms with Gasteiger partial charge in [-0.3, -0.25) is 0 Å². The number of hydrogen-bond acceptors (Lipinski definition) is 4. The molecule has 1 aliphatic carbocycles. The van der Waals surface area contributed by atoms with Crippen LogP contribution in [0.15, 0.2) is 25.3 Å². The molecule has 0 saturated heterocycles. The Balaban J connectivity index is 4.17. The molecule has 0 aromatic heterocycles. The molecule has 0 aliphatic heterocycles. The molecule has 0 bridgehead atoms. The molecule has 0 N–H and O–H groups in total. The molecule has 1 rings (SSSR count). The first-order valence-electron chi connectivity index (χ1n) is 7.26. The summed E-state index contributed by atoms with van der Waals surface area (Å²) in [4.78, 5) is 21.5. The monoisotopic (exact) mass is 504 g/mol. The van der Waals surface area contributed by atoms with E-state index < -0.39 is 71.3 Å². The van der Waals surface area contributed by atoms with Crippen molar-refractivity contribution in [3.05, 3.63) is 25.3 Å². The fraction of sp³-hybridized carbons (Fsp3) is 0.571. The van der Waals surface area contributed by atoms with Gasteiger partial charge >= 0.3 is 59.2 Å². The van der Waals surface area contributed by atoms with Crippen LogP contribution in [0, 0.1) is 0 Å². The van der Waals surface area contributed by atoms with Crippen molar-refractivity contribution in [2.45, 2.75) is 47.2 Å². The Morgan fingerprint density at radius 1 is 0.562 bits per heavy atom. The Kier molecular flexibility index (Phi) is 5.98. The lowest BCUT2D eigenvalue weighted by Crippen LogP contribution is -2.91. The van der Waals surface area contributed by atoms with E-state index in [1.165, 1.54) is 0 Å². The third-order valence-corrected chi connectivity index (χ3v) is 4.11. The van der Waals surface area contributed by atoms with Gasteiger partial charge in [-0.2, -0.15) is 52.7 Å². The highest BCUT2D eigenvalue weighted by atomic mass is 19.4. The van der Waals surface area contributed by atoms with E-state index in [-0.39, 0.29) is 0 Å². The summed E-state index contributed by atoms with van der Waals surface area (Å²) in [6.07, 6.45) is -15.8. The van der Waals surface area contributed by atoms with Crippen LogP contribution in [-0.4, -0.2) is 59.2 Å². The molecular weight excluding hydrogens is 498 g/mol. The lowest BCUT2D eigenvalue weighted by atomic mass is 9.65. The Hall–Kier alpha value is -2.56. The minimum absolute atomic E-state index is 0.494. The highest BCUT2D eigenvalue weighted by molar-refractivity contribution is 5.82. The normalized spacial score (nSPS) is 30.7. The minimum Gasteiger partial charge on any atom is -0.395 e. The predicted molar refractivity (Wildman–Crippen MR) is 69.9 cm³/mol. The standard InChI is InChI=1S/C14H6F14O4/c1-3-5(29)31-13(25,26)7(15)9(17,18)8(16,14(27,28)32-6(30)4-2)11(21,22)12(23,24)10(7,19)20/h3-4H,1-2H2. The maximum Gasteiger partial charge on any atom is 0.448 e. The lowest BCUT2D eigenvalue weighted by molar-refractivity contribution is -0.533. The van der Waals surface area contributed by atoms with Crippen molar-refractivity contribution in [1.29, 1.82) is 0 Å². The molecule has 0 heterocycles. The average Bonchev–Trinajstić information content (AvgIpc) is 2.63. The summed E-state index contributed by atoms with van der Waals surface area (Å²) < 4.78 is 201. The number of rotatable bonds is 6. The molecule has 0 aromatic carbocycles. The predicted octanol–water partition coefficient (Wildman–Crippen LogP) is 4.60. The molecule has 0 radical (unpaired) electrons. The highest BCUT2D eigenvalue weighted by Gasteiger charge is 3.09. The third kappa shape index (κ3) is 2.76. The van der Waals surface area contributed by atoms with E-state index in [1.807, 2.05) is 0 Å². The summed E-state index contributed by atoms with van der Waals surface area (Å²) >= 11 is 0. The summed E-state index contributed by atoms with van der Waals surface area (Å²) in [5.74, 6) is -38.3. The molecule has 0 spiro atoms. The summed E-state index contributed by atoms with van der Waals surface area (Å²) in [5.41, 5.74) is -16.3. The van der Waals surface area contributed by atoms with Gasteiger partial charge in [-0.15, -0.1) is 0 Å². The molecular formula is C14H6F14O4.